The second-order valence-electron chi connectivity index (χ2n) is 10.0. The number of nitrogens with two attached hydrogens (primary N) is 1. The van der Waals surface area contributed by atoms with Crippen LogP contribution >= 0.6 is 23.2 Å². The molecule has 9 nitrogen and oxygen atoms in total. The highest BCUT2D eigenvalue weighted by Crippen LogP contribution is 2.29. The van der Waals surface area contributed by atoms with Crippen LogP contribution in [-0.4, -0.2) is 61.2 Å². The summed E-state index contributed by atoms with van der Waals surface area (Å²) in [6, 6.07) is 13.7. The van der Waals surface area contributed by atoms with Gasteiger partial charge in [0.25, 0.3) is 0 Å². The second kappa shape index (κ2) is 11.5. The Morgan fingerprint density at radius 3 is 2.45 bits per heavy atom. The molecule has 2 heterocycles. The van der Waals surface area contributed by atoms with Crippen molar-refractivity contribution < 1.29 is 13.2 Å². The van der Waals surface area contributed by atoms with Crippen molar-refractivity contribution in [2.45, 2.75) is 19.6 Å². The first-order valence-corrected chi connectivity index (χ1v) is 14.7. The summed E-state index contributed by atoms with van der Waals surface area (Å²) in [6.07, 6.45) is 1.57. The monoisotopic (exact) mass is 579 g/mol. The van der Waals surface area contributed by atoms with Crippen LogP contribution in [0.3, 0.4) is 0 Å². The lowest BCUT2D eigenvalue weighted by Crippen LogP contribution is -2.49. The molecule has 1 fully saturated rings. The van der Waals surface area contributed by atoms with E-state index in [1.165, 1.54) is 8.99 Å². The highest BCUT2D eigenvalue weighted by molar-refractivity contribution is 7.88. The quantitative estimate of drug-likeness (QED) is 0.303. The molecule has 0 atom stereocenters. The first-order chi connectivity index (χ1) is 18.0. The summed E-state index contributed by atoms with van der Waals surface area (Å²) in [5, 5.41) is 4.85. The van der Waals surface area contributed by atoms with Crippen LogP contribution in [0.2, 0.25) is 5.02 Å². The Morgan fingerprint density at radius 2 is 1.79 bits per heavy atom. The lowest BCUT2D eigenvalue weighted by Gasteiger charge is -2.36. The average molecular weight is 581 g/mol. The molecule has 38 heavy (non-hydrogen) atoms. The number of rotatable bonds is 9. The van der Waals surface area contributed by atoms with Crippen LogP contribution in [0, 0.1) is 5.41 Å². The third-order valence-corrected chi connectivity index (χ3v) is 9.02. The molecular weight excluding hydrogens is 549 g/mol. The Balaban J connectivity index is 1.58. The number of halogens is 2. The van der Waals surface area contributed by atoms with E-state index in [1.54, 1.807) is 54.7 Å². The Bertz CT molecular complexity index is 1450. The van der Waals surface area contributed by atoms with Gasteiger partial charge in [-0.1, -0.05) is 43.6 Å². The molecule has 4 rings (SSSR count). The molecule has 0 aliphatic carbocycles. The van der Waals surface area contributed by atoms with Crippen LogP contribution in [0.1, 0.15) is 19.4 Å². The molecule has 1 saturated heterocycles. The molecule has 2 N–H and O–H groups in total. The van der Waals surface area contributed by atoms with E-state index in [1.807, 2.05) is 18.7 Å². The SMILES string of the molecule is CC(C)(CCl)COc1c(N2CCN(S(=O)(=O)Cc3cccc(N)c3)CC2)cnn(-c2cccc(Cl)c2)c1=O. The molecule has 2 aromatic carbocycles. The van der Waals surface area contributed by atoms with E-state index < -0.39 is 15.6 Å². The lowest BCUT2D eigenvalue weighted by molar-refractivity contribution is 0.197. The summed E-state index contributed by atoms with van der Waals surface area (Å²) in [6.45, 7) is 5.36. The van der Waals surface area contributed by atoms with Gasteiger partial charge in [0.2, 0.25) is 15.8 Å². The first-order valence-electron chi connectivity index (χ1n) is 12.1. The van der Waals surface area contributed by atoms with Gasteiger partial charge in [-0.3, -0.25) is 4.79 Å². The number of ether oxygens (including phenoxy) is 1. The maximum atomic E-state index is 13.6. The number of anilines is 2. The predicted molar refractivity (Wildman–Crippen MR) is 152 cm³/mol. The molecule has 0 unspecified atom stereocenters. The highest BCUT2D eigenvalue weighted by atomic mass is 35.5. The van der Waals surface area contributed by atoms with Crippen LogP contribution in [0.25, 0.3) is 5.69 Å². The van der Waals surface area contributed by atoms with Crippen LogP contribution in [-0.2, 0) is 15.8 Å². The van der Waals surface area contributed by atoms with Crippen molar-refractivity contribution >= 4 is 44.6 Å². The normalized spacial score (nSPS) is 15.0. The molecule has 3 aromatic rings. The van der Waals surface area contributed by atoms with Gasteiger partial charge in [-0.15, -0.1) is 11.6 Å². The van der Waals surface area contributed by atoms with Gasteiger partial charge in [0, 0.05) is 48.2 Å². The van der Waals surface area contributed by atoms with E-state index in [9.17, 15) is 13.2 Å². The zero-order chi connectivity index (χ0) is 27.5. The Hall–Kier alpha value is -2.79. The van der Waals surface area contributed by atoms with E-state index in [2.05, 4.69) is 5.10 Å². The number of hydrogen-bond acceptors (Lipinski definition) is 7. The van der Waals surface area contributed by atoms with Crippen molar-refractivity contribution in [3.8, 4) is 11.4 Å². The van der Waals surface area contributed by atoms with E-state index in [0.29, 0.717) is 46.6 Å². The predicted octanol–water partition coefficient (Wildman–Crippen LogP) is 3.76. The van der Waals surface area contributed by atoms with Crippen molar-refractivity contribution in [3.05, 3.63) is 75.7 Å². The Kier molecular flexibility index (Phi) is 8.56. The van der Waals surface area contributed by atoms with E-state index >= 15 is 0 Å². The molecule has 204 valence electrons. The van der Waals surface area contributed by atoms with E-state index in [-0.39, 0.29) is 36.6 Å². The number of sulfonamides is 1. The molecule has 0 amide bonds. The summed E-state index contributed by atoms with van der Waals surface area (Å²) in [7, 11) is -3.55. The van der Waals surface area contributed by atoms with E-state index in [0.717, 1.165) is 0 Å². The molecule has 0 radical (unpaired) electrons. The minimum atomic E-state index is -3.55. The minimum Gasteiger partial charge on any atom is -0.486 e. The molecule has 12 heteroatoms. The Labute approximate surface area is 232 Å². The number of piperazine rings is 1. The number of nitrogens with zero attached hydrogens (tertiary/aromatic N) is 4. The molecular formula is C26H31Cl2N5O4S. The van der Waals surface area contributed by atoms with Gasteiger partial charge in [-0.2, -0.15) is 14.1 Å². The zero-order valence-electron chi connectivity index (χ0n) is 21.3. The van der Waals surface area contributed by atoms with Gasteiger partial charge >= 0.3 is 5.56 Å². The van der Waals surface area contributed by atoms with Crippen molar-refractivity contribution in [1.29, 1.82) is 0 Å². The summed E-state index contributed by atoms with van der Waals surface area (Å²) in [5.41, 5.74) is 7.17. The van der Waals surface area contributed by atoms with Gasteiger partial charge in [0.15, 0.2) is 0 Å². The molecule has 0 bridgehead atoms. The van der Waals surface area contributed by atoms with Crippen molar-refractivity contribution in [2.24, 2.45) is 5.41 Å². The molecule has 1 aliphatic heterocycles. The van der Waals surface area contributed by atoms with Gasteiger partial charge in [-0.25, -0.2) is 8.42 Å². The summed E-state index contributed by atoms with van der Waals surface area (Å²) in [5.74, 6) is 0.352. The molecule has 1 aromatic heterocycles. The van der Waals surface area contributed by atoms with Crippen molar-refractivity contribution in [3.63, 3.8) is 0 Å². The van der Waals surface area contributed by atoms with Gasteiger partial charge in [0.1, 0.15) is 5.69 Å². The van der Waals surface area contributed by atoms with Gasteiger partial charge in [0.05, 0.1) is 24.2 Å². The number of aromatic nitrogens is 2. The third-order valence-electron chi connectivity index (χ3n) is 6.21. The number of alkyl halides is 1. The lowest BCUT2D eigenvalue weighted by atomic mass is 9.98. The van der Waals surface area contributed by atoms with Gasteiger partial charge in [-0.05, 0) is 35.9 Å². The maximum Gasteiger partial charge on any atom is 0.316 e. The van der Waals surface area contributed by atoms with Crippen LogP contribution in [0.4, 0.5) is 11.4 Å². The topological polar surface area (TPSA) is 111 Å². The fourth-order valence-corrected chi connectivity index (χ4v) is 5.84. The van der Waals surface area contributed by atoms with Crippen molar-refractivity contribution in [2.75, 3.05) is 49.3 Å². The van der Waals surface area contributed by atoms with Gasteiger partial charge < -0.3 is 15.4 Å². The van der Waals surface area contributed by atoms with Crippen LogP contribution in [0.15, 0.2) is 59.5 Å². The Morgan fingerprint density at radius 1 is 1.08 bits per heavy atom. The van der Waals surface area contributed by atoms with Crippen LogP contribution < -0.4 is 20.9 Å². The number of nitrogen functional groups attached to an aromatic ring is 1. The van der Waals surface area contributed by atoms with E-state index in [4.69, 9.17) is 33.7 Å². The summed E-state index contributed by atoms with van der Waals surface area (Å²) >= 11 is 12.2. The molecule has 0 saturated carbocycles. The zero-order valence-corrected chi connectivity index (χ0v) is 23.6. The average Bonchev–Trinajstić information content (AvgIpc) is 2.87. The first kappa shape index (κ1) is 28.2. The molecule has 1 aliphatic rings. The summed E-state index contributed by atoms with van der Waals surface area (Å²) in [4.78, 5) is 15.5. The fourth-order valence-electron chi connectivity index (χ4n) is 4.08. The third kappa shape index (κ3) is 6.61. The smallest absolute Gasteiger partial charge is 0.316 e. The van der Waals surface area contributed by atoms with Crippen LogP contribution in [0.5, 0.6) is 5.75 Å². The number of benzene rings is 2. The number of hydrogen-bond donors (Lipinski definition) is 1. The maximum absolute atomic E-state index is 13.6. The molecule has 0 spiro atoms. The second-order valence-corrected chi connectivity index (χ2v) is 12.7. The standard InChI is InChI=1S/C26H31Cl2N5O4S/c1-26(2,17-27)18-37-24-23(15-30-33(25(24)34)22-8-4-6-20(28)14-22)31-9-11-32(12-10-31)38(35,36)16-19-5-3-7-21(29)13-19/h3-8,13-15H,9-12,16-18,29H2,1-2H3. The van der Waals surface area contributed by atoms with Crippen molar-refractivity contribution in [1.82, 2.24) is 14.1 Å². The minimum absolute atomic E-state index is 0.128. The largest absolute Gasteiger partial charge is 0.486 e. The fraction of sp³-hybridized carbons (Fsp3) is 0.385. The summed E-state index contributed by atoms with van der Waals surface area (Å²) < 4.78 is 34.9. The highest BCUT2D eigenvalue weighted by Gasteiger charge is 2.30.